The number of nitrogens with zero attached hydrogens (tertiary/aromatic N) is 2. The highest BCUT2D eigenvalue weighted by Gasteiger charge is 2.41. The average molecular weight is 344 g/mol. The zero-order valence-corrected chi connectivity index (χ0v) is 15.0. The number of aliphatic hydroxyl groups excluding tert-OH is 1. The van der Waals surface area contributed by atoms with Gasteiger partial charge in [-0.2, -0.15) is 0 Å². The standard InChI is InChI=1S/C20H28N2O3/c1-16-3-5-17(6-4-16)19(25)21-12-9-20(10-13-21)8-7-18(24)22(15-20)11-2-14-23/h3-6,23H,2,7-15H2,1H3. The van der Waals surface area contributed by atoms with E-state index < -0.39 is 0 Å². The summed E-state index contributed by atoms with van der Waals surface area (Å²) in [6.07, 6.45) is 4.06. The Hall–Kier alpha value is -1.88. The minimum Gasteiger partial charge on any atom is -0.396 e. The fourth-order valence-electron chi connectivity index (χ4n) is 4.04. The zero-order valence-electron chi connectivity index (χ0n) is 15.0. The molecule has 2 aliphatic heterocycles. The Balaban J connectivity index is 1.60. The van der Waals surface area contributed by atoms with Crippen LogP contribution in [0, 0.1) is 12.3 Å². The third-order valence-corrected chi connectivity index (χ3v) is 5.74. The van der Waals surface area contributed by atoms with Crippen LogP contribution in [-0.4, -0.2) is 59.5 Å². The number of likely N-dealkylation sites (tertiary alicyclic amines) is 2. The van der Waals surface area contributed by atoms with Crippen LogP contribution in [-0.2, 0) is 4.79 Å². The molecule has 1 aromatic rings. The largest absolute Gasteiger partial charge is 0.396 e. The maximum atomic E-state index is 12.7. The second-order valence-corrected chi connectivity index (χ2v) is 7.55. The van der Waals surface area contributed by atoms with E-state index in [0.29, 0.717) is 19.4 Å². The van der Waals surface area contributed by atoms with Gasteiger partial charge in [0.25, 0.3) is 5.91 Å². The van der Waals surface area contributed by atoms with Crippen molar-refractivity contribution < 1.29 is 14.7 Å². The molecule has 2 heterocycles. The van der Waals surface area contributed by atoms with Crippen LogP contribution in [0.2, 0.25) is 0 Å². The number of aliphatic hydroxyl groups is 1. The summed E-state index contributed by atoms with van der Waals surface area (Å²) in [5.41, 5.74) is 2.06. The van der Waals surface area contributed by atoms with Gasteiger partial charge in [-0.05, 0) is 50.2 Å². The van der Waals surface area contributed by atoms with Crippen molar-refractivity contribution in [3.05, 3.63) is 35.4 Å². The van der Waals surface area contributed by atoms with E-state index in [1.807, 2.05) is 41.0 Å². The molecular weight excluding hydrogens is 316 g/mol. The van der Waals surface area contributed by atoms with E-state index in [1.54, 1.807) is 0 Å². The molecule has 2 fully saturated rings. The van der Waals surface area contributed by atoms with E-state index in [-0.39, 0.29) is 23.8 Å². The molecule has 0 bridgehead atoms. The lowest BCUT2D eigenvalue weighted by Gasteiger charge is -2.47. The van der Waals surface area contributed by atoms with Gasteiger partial charge in [-0.25, -0.2) is 0 Å². The van der Waals surface area contributed by atoms with Crippen molar-refractivity contribution in [1.82, 2.24) is 9.80 Å². The second-order valence-electron chi connectivity index (χ2n) is 7.55. The fourth-order valence-corrected chi connectivity index (χ4v) is 4.04. The van der Waals surface area contributed by atoms with Gasteiger partial charge in [-0.3, -0.25) is 9.59 Å². The summed E-state index contributed by atoms with van der Waals surface area (Å²) in [5, 5.41) is 9.02. The number of piperidine rings is 2. The van der Waals surface area contributed by atoms with Gasteiger partial charge in [-0.15, -0.1) is 0 Å². The molecule has 0 radical (unpaired) electrons. The topological polar surface area (TPSA) is 60.9 Å². The van der Waals surface area contributed by atoms with Crippen molar-refractivity contribution in [3.63, 3.8) is 0 Å². The van der Waals surface area contributed by atoms with Crippen LogP contribution in [0.25, 0.3) is 0 Å². The summed E-state index contributed by atoms with van der Waals surface area (Å²) in [6, 6.07) is 7.75. The van der Waals surface area contributed by atoms with E-state index in [9.17, 15) is 9.59 Å². The normalized spacial score (nSPS) is 20.2. The minimum absolute atomic E-state index is 0.110. The predicted octanol–water partition coefficient (Wildman–Crippen LogP) is 2.22. The number of aryl methyl sites for hydroxylation is 1. The Morgan fingerprint density at radius 2 is 1.84 bits per heavy atom. The lowest BCUT2D eigenvalue weighted by Crippen LogP contribution is -2.52. The first kappa shape index (κ1) is 17.9. The second kappa shape index (κ2) is 7.56. The van der Waals surface area contributed by atoms with Gasteiger partial charge in [0.05, 0.1) is 0 Å². The highest BCUT2D eigenvalue weighted by molar-refractivity contribution is 5.94. The van der Waals surface area contributed by atoms with Crippen molar-refractivity contribution in [3.8, 4) is 0 Å². The maximum Gasteiger partial charge on any atom is 0.253 e. The summed E-state index contributed by atoms with van der Waals surface area (Å²) < 4.78 is 0. The molecule has 5 heteroatoms. The van der Waals surface area contributed by atoms with E-state index in [2.05, 4.69) is 0 Å². The van der Waals surface area contributed by atoms with Gasteiger partial charge in [0.2, 0.25) is 5.91 Å². The molecule has 25 heavy (non-hydrogen) atoms. The number of rotatable bonds is 4. The molecule has 3 rings (SSSR count). The van der Waals surface area contributed by atoms with Crippen LogP contribution in [0.4, 0.5) is 0 Å². The molecule has 0 aromatic heterocycles. The Morgan fingerprint density at radius 3 is 2.48 bits per heavy atom. The summed E-state index contributed by atoms with van der Waals surface area (Å²) in [7, 11) is 0. The lowest BCUT2D eigenvalue weighted by molar-refractivity contribution is -0.139. The third-order valence-electron chi connectivity index (χ3n) is 5.74. The first-order valence-electron chi connectivity index (χ1n) is 9.28. The molecule has 2 saturated heterocycles. The van der Waals surface area contributed by atoms with E-state index in [4.69, 9.17) is 5.11 Å². The highest BCUT2D eigenvalue weighted by Crippen LogP contribution is 2.40. The molecule has 1 spiro atoms. The number of hydrogen-bond donors (Lipinski definition) is 1. The van der Waals surface area contributed by atoms with Crippen molar-refractivity contribution in [2.45, 2.75) is 39.0 Å². The molecule has 1 N–H and O–H groups in total. The Kier molecular flexibility index (Phi) is 5.42. The number of carbonyl (C=O) groups excluding carboxylic acids is 2. The van der Waals surface area contributed by atoms with Gasteiger partial charge < -0.3 is 14.9 Å². The molecule has 2 aliphatic rings. The van der Waals surface area contributed by atoms with Crippen LogP contribution in [0.3, 0.4) is 0 Å². The molecule has 0 atom stereocenters. The lowest BCUT2D eigenvalue weighted by atomic mass is 9.72. The molecule has 136 valence electrons. The fraction of sp³-hybridized carbons (Fsp3) is 0.600. The molecule has 0 saturated carbocycles. The van der Waals surface area contributed by atoms with Crippen LogP contribution in [0.15, 0.2) is 24.3 Å². The third kappa shape index (κ3) is 4.03. The van der Waals surface area contributed by atoms with Crippen LogP contribution >= 0.6 is 0 Å². The van der Waals surface area contributed by atoms with Gasteiger partial charge in [-0.1, -0.05) is 17.7 Å². The molecule has 0 aliphatic carbocycles. The average Bonchev–Trinajstić information content (AvgIpc) is 2.63. The molecule has 0 unspecified atom stereocenters. The Morgan fingerprint density at radius 1 is 1.16 bits per heavy atom. The summed E-state index contributed by atoms with van der Waals surface area (Å²) >= 11 is 0. The smallest absolute Gasteiger partial charge is 0.253 e. The monoisotopic (exact) mass is 344 g/mol. The van der Waals surface area contributed by atoms with Crippen molar-refractivity contribution in [2.75, 3.05) is 32.8 Å². The van der Waals surface area contributed by atoms with Crippen molar-refractivity contribution >= 4 is 11.8 Å². The quantitative estimate of drug-likeness (QED) is 0.911. The number of hydrogen-bond acceptors (Lipinski definition) is 3. The van der Waals surface area contributed by atoms with Crippen molar-refractivity contribution in [2.24, 2.45) is 5.41 Å². The van der Waals surface area contributed by atoms with Crippen LogP contribution in [0.5, 0.6) is 0 Å². The first-order chi connectivity index (χ1) is 12.0. The Bertz CT molecular complexity index is 618. The number of benzene rings is 1. The molecule has 2 amide bonds. The van der Waals surface area contributed by atoms with Gasteiger partial charge in [0.1, 0.15) is 0 Å². The van der Waals surface area contributed by atoms with Gasteiger partial charge in [0.15, 0.2) is 0 Å². The SMILES string of the molecule is Cc1ccc(C(=O)N2CCC3(CCC(=O)N(CCCO)C3)CC2)cc1. The molecule has 5 nitrogen and oxygen atoms in total. The zero-order chi connectivity index (χ0) is 17.9. The van der Waals surface area contributed by atoms with Crippen molar-refractivity contribution in [1.29, 1.82) is 0 Å². The van der Waals surface area contributed by atoms with Crippen LogP contribution in [0.1, 0.15) is 48.0 Å². The predicted molar refractivity (Wildman–Crippen MR) is 96.3 cm³/mol. The van der Waals surface area contributed by atoms with E-state index in [0.717, 1.165) is 50.0 Å². The van der Waals surface area contributed by atoms with Gasteiger partial charge in [0, 0.05) is 44.8 Å². The van der Waals surface area contributed by atoms with E-state index >= 15 is 0 Å². The number of carbonyl (C=O) groups is 2. The first-order valence-corrected chi connectivity index (χ1v) is 9.28. The summed E-state index contributed by atoms with van der Waals surface area (Å²) in [6.45, 7) is 5.08. The molecule has 1 aromatic carbocycles. The van der Waals surface area contributed by atoms with Crippen LogP contribution < -0.4 is 0 Å². The minimum atomic E-state index is 0.110. The Labute approximate surface area is 149 Å². The highest BCUT2D eigenvalue weighted by atomic mass is 16.3. The van der Waals surface area contributed by atoms with E-state index in [1.165, 1.54) is 0 Å². The molecular formula is C20H28N2O3. The maximum absolute atomic E-state index is 12.7. The van der Waals surface area contributed by atoms with Gasteiger partial charge >= 0.3 is 0 Å². The summed E-state index contributed by atoms with van der Waals surface area (Å²) in [4.78, 5) is 28.6. The summed E-state index contributed by atoms with van der Waals surface area (Å²) in [5.74, 6) is 0.316. The number of amides is 2.